The molecule has 2 aromatic carbocycles. The van der Waals surface area contributed by atoms with Crippen LogP contribution >= 0.6 is 0 Å². The Kier molecular flexibility index (Phi) is 5.81. The molecule has 1 saturated heterocycles. The molecule has 3 N–H and O–H groups in total. The SMILES string of the molecule is [C-]#[N+]c1ccc(-n2c(O)c3c(c2O)C2(CC)OC3(CCO[Si](C)(C)C(C)(C)C)C[C@H]2O)c2ccccc12. The second-order valence-corrected chi connectivity index (χ2v) is 16.7. The summed E-state index contributed by atoms with van der Waals surface area (Å²) in [6.07, 6.45) is 0.406. The second kappa shape index (κ2) is 8.33. The molecule has 5 rings (SSSR count). The molecule has 0 amide bonds. The summed E-state index contributed by atoms with van der Waals surface area (Å²) in [5, 5.41) is 36.0. The second-order valence-electron chi connectivity index (χ2n) is 11.9. The predicted molar refractivity (Wildman–Crippen MR) is 146 cm³/mol. The summed E-state index contributed by atoms with van der Waals surface area (Å²) in [4.78, 5) is 3.63. The zero-order valence-electron chi connectivity index (χ0n) is 22.4. The van der Waals surface area contributed by atoms with Gasteiger partial charge in [-0.1, -0.05) is 58.0 Å². The van der Waals surface area contributed by atoms with Crippen LogP contribution in [0, 0.1) is 6.57 Å². The van der Waals surface area contributed by atoms with Gasteiger partial charge in [0.1, 0.15) is 11.2 Å². The Morgan fingerprint density at radius 2 is 1.76 bits per heavy atom. The van der Waals surface area contributed by atoms with E-state index in [2.05, 4.69) is 38.7 Å². The molecule has 0 radical (unpaired) electrons. The molecule has 1 aromatic heterocycles. The van der Waals surface area contributed by atoms with Crippen molar-refractivity contribution in [1.29, 1.82) is 0 Å². The van der Waals surface area contributed by atoms with E-state index in [-0.39, 0.29) is 16.8 Å². The van der Waals surface area contributed by atoms with Crippen molar-refractivity contribution >= 4 is 24.8 Å². The third-order valence-electron chi connectivity index (χ3n) is 8.98. The van der Waals surface area contributed by atoms with Gasteiger partial charge in [-0.3, -0.25) is 4.57 Å². The molecule has 2 aliphatic rings. The van der Waals surface area contributed by atoms with Gasteiger partial charge < -0.3 is 24.5 Å². The summed E-state index contributed by atoms with van der Waals surface area (Å²) in [5.41, 5.74) is -0.00928. The van der Waals surface area contributed by atoms with Crippen molar-refractivity contribution in [3.8, 4) is 17.4 Å². The minimum absolute atomic E-state index is 0.0526. The van der Waals surface area contributed by atoms with E-state index in [9.17, 15) is 15.3 Å². The van der Waals surface area contributed by atoms with E-state index >= 15 is 0 Å². The summed E-state index contributed by atoms with van der Waals surface area (Å²) in [6.45, 7) is 20.9. The van der Waals surface area contributed by atoms with Gasteiger partial charge in [0.05, 0.1) is 29.5 Å². The molecule has 3 heterocycles. The predicted octanol–water partition coefficient (Wildman–Crippen LogP) is 6.60. The average Bonchev–Trinajstić information content (AvgIpc) is 3.40. The molecule has 0 aliphatic carbocycles. The van der Waals surface area contributed by atoms with Gasteiger partial charge in [-0.05, 0) is 41.4 Å². The molecule has 196 valence electrons. The van der Waals surface area contributed by atoms with Gasteiger partial charge in [0.2, 0.25) is 11.8 Å². The van der Waals surface area contributed by atoms with Crippen molar-refractivity contribution in [2.45, 2.75) is 82.4 Å². The topological polar surface area (TPSA) is 88.4 Å². The Bertz CT molecular complexity index is 1430. The van der Waals surface area contributed by atoms with Gasteiger partial charge in [-0.2, -0.15) is 0 Å². The van der Waals surface area contributed by atoms with Crippen molar-refractivity contribution in [3.05, 3.63) is 58.9 Å². The number of rotatable bonds is 6. The number of ether oxygens (including phenoxy) is 1. The van der Waals surface area contributed by atoms with Crippen molar-refractivity contribution in [2.24, 2.45) is 0 Å². The lowest BCUT2D eigenvalue weighted by Gasteiger charge is -2.37. The Hall–Kier alpha value is -2.83. The average molecular weight is 521 g/mol. The standard InChI is InChI=1S/C29H36N2O5Si/c1-8-29-22(32)17-28(36-29,15-16-35-37(6,7)27(2,3)4)23-24(29)26(34)31(25(23)33)21-14-13-20(30-5)18-11-9-10-12-19(18)21/h9-14,22,32-34H,8,15-17H2,1-4,6-7H3/t22-,28?,29?/m1/s1. The van der Waals surface area contributed by atoms with E-state index in [0.717, 1.165) is 10.8 Å². The molecular formula is C29H36N2O5Si. The number of benzene rings is 2. The number of hydrogen-bond acceptors (Lipinski definition) is 5. The van der Waals surface area contributed by atoms with Crippen LogP contribution in [0.3, 0.4) is 0 Å². The first-order valence-corrected chi connectivity index (χ1v) is 15.8. The first-order valence-electron chi connectivity index (χ1n) is 12.9. The Balaban J connectivity index is 1.65. The third kappa shape index (κ3) is 3.48. The van der Waals surface area contributed by atoms with Crippen LogP contribution in [0.15, 0.2) is 36.4 Å². The minimum Gasteiger partial charge on any atom is -0.494 e. The number of aromatic hydroxyl groups is 2. The van der Waals surface area contributed by atoms with Gasteiger partial charge in [0, 0.05) is 19.4 Å². The number of nitrogens with zero attached hydrogens (tertiary/aromatic N) is 2. The molecule has 2 bridgehead atoms. The largest absolute Gasteiger partial charge is 0.494 e. The van der Waals surface area contributed by atoms with Gasteiger partial charge in [-0.15, -0.1) is 0 Å². The molecule has 2 aliphatic heterocycles. The fraction of sp³-hybridized carbons (Fsp3) is 0.483. The summed E-state index contributed by atoms with van der Waals surface area (Å²) in [5.74, 6) is -0.233. The Morgan fingerprint density at radius 3 is 2.38 bits per heavy atom. The Morgan fingerprint density at radius 1 is 1.11 bits per heavy atom. The molecule has 0 saturated carbocycles. The molecule has 37 heavy (non-hydrogen) atoms. The molecule has 1 fully saturated rings. The highest BCUT2D eigenvalue weighted by Gasteiger charge is 2.67. The van der Waals surface area contributed by atoms with Crippen molar-refractivity contribution in [2.75, 3.05) is 6.61 Å². The van der Waals surface area contributed by atoms with Crippen LogP contribution in [-0.4, -0.2) is 40.9 Å². The van der Waals surface area contributed by atoms with Gasteiger partial charge in [-0.25, -0.2) is 4.85 Å². The minimum atomic E-state index is -2.02. The number of fused-ring (bicyclic) bond motifs is 6. The van der Waals surface area contributed by atoms with Crippen molar-refractivity contribution in [3.63, 3.8) is 0 Å². The molecular weight excluding hydrogens is 484 g/mol. The summed E-state index contributed by atoms with van der Waals surface area (Å²) in [7, 11) is -2.02. The molecule has 8 heteroatoms. The summed E-state index contributed by atoms with van der Waals surface area (Å²) >= 11 is 0. The highest BCUT2D eigenvalue weighted by Crippen LogP contribution is 2.67. The lowest BCUT2D eigenvalue weighted by atomic mass is 9.74. The maximum absolute atomic E-state index is 11.7. The number of aliphatic hydroxyl groups excluding tert-OH is 1. The molecule has 3 aromatic rings. The van der Waals surface area contributed by atoms with Crippen LogP contribution < -0.4 is 0 Å². The quantitative estimate of drug-likeness (QED) is 0.252. The van der Waals surface area contributed by atoms with Crippen LogP contribution in [0.1, 0.15) is 58.1 Å². The number of aliphatic hydroxyl groups is 1. The first-order chi connectivity index (χ1) is 17.3. The number of aromatic nitrogens is 1. The van der Waals surface area contributed by atoms with Gasteiger partial charge >= 0.3 is 0 Å². The van der Waals surface area contributed by atoms with Crippen LogP contribution in [0.5, 0.6) is 11.8 Å². The fourth-order valence-electron chi connectivity index (χ4n) is 5.92. The van der Waals surface area contributed by atoms with Gasteiger partial charge in [0.15, 0.2) is 14.0 Å². The van der Waals surface area contributed by atoms with E-state index in [1.165, 1.54) is 4.57 Å². The maximum atomic E-state index is 11.7. The Labute approximate surface area is 219 Å². The monoisotopic (exact) mass is 520 g/mol. The highest BCUT2D eigenvalue weighted by atomic mass is 28.4. The van der Waals surface area contributed by atoms with E-state index in [4.69, 9.17) is 15.7 Å². The zero-order chi connectivity index (χ0) is 27.0. The molecule has 3 atom stereocenters. The maximum Gasteiger partial charge on any atom is 0.205 e. The normalized spacial score (nSPS) is 25.0. The van der Waals surface area contributed by atoms with Crippen LogP contribution in [0.2, 0.25) is 18.1 Å². The third-order valence-corrected chi connectivity index (χ3v) is 13.5. The highest BCUT2D eigenvalue weighted by molar-refractivity contribution is 6.74. The van der Waals surface area contributed by atoms with E-state index in [0.29, 0.717) is 48.4 Å². The summed E-state index contributed by atoms with van der Waals surface area (Å²) in [6, 6.07) is 10.9. The number of hydrogen-bond donors (Lipinski definition) is 3. The van der Waals surface area contributed by atoms with Crippen LogP contribution in [-0.2, 0) is 20.4 Å². The zero-order valence-corrected chi connectivity index (χ0v) is 23.4. The summed E-state index contributed by atoms with van der Waals surface area (Å²) < 4.78 is 14.5. The fourth-order valence-corrected chi connectivity index (χ4v) is 6.97. The molecule has 0 spiro atoms. The lowest BCUT2D eigenvalue weighted by Crippen LogP contribution is -2.42. The smallest absolute Gasteiger partial charge is 0.205 e. The lowest BCUT2D eigenvalue weighted by molar-refractivity contribution is -0.120. The molecule has 2 unspecified atom stereocenters. The van der Waals surface area contributed by atoms with Crippen molar-refractivity contribution < 1.29 is 24.5 Å². The molecule has 7 nitrogen and oxygen atoms in total. The van der Waals surface area contributed by atoms with E-state index in [1.54, 1.807) is 12.1 Å². The van der Waals surface area contributed by atoms with Gasteiger partial charge in [0.25, 0.3) is 0 Å². The first kappa shape index (κ1) is 25.8. The van der Waals surface area contributed by atoms with Crippen LogP contribution in [0.25, 0.3) is 21.3 Å². The van der Waals surface area contributed by atoms with E-state index in [1.807, 2.05) is 31.2 Å². The van der Waals surface area contributed by atoms with E-state index < -0.39 is 25.6 Å². The van der Waals surface area contributed by atoms with Crippen LogP contribution in [0.4, 0.5) is 5.69 Å². The van der Waals surface area contributed by atoms with Crippen molar-refractivity contribution in [1.82, 2.24) is 4.57 Å².